The van der Waals surface area contributed by atoms with Gasteiger partial charge in [0.15, 0.2) is 0 Å². The Balaban J connectivity index is 1.70. The minimum atomic E-state index is 0.258. The number of ether oxygens (including phenoxy) is 2. The van der Waals surface area contributed by atoms with Crippen LogP contribution in [0.15, 0.2) is 18.3 Å². The molecule has 1 aliphatic carbocycles. The van der Waals surface area contributed by atoms with Gasteiger partial charge in [0.2, 0.25) is 0 Å². The van der Waals surface area contributed by atoms with Gasteiger partial charge < -0.3 is 9.47 Å². The van der Waals surface area contributed by atoms with E-state index in [1.54, 1.807) is 6.20 Å². The number of aromatic nitrogens is 1. The fraction of sp³-hybridized carbons (Fsp3) is 0.650. The van der Waals surface area contributed by atoms with E-state index in [1.165, 1.54) is 6.42 Å². The molecule has 0 atom stereocenters. The highest BCUT2D eigenvalue weighted by Crippen LogP contribution is 2.28. The smallest absolute Gasteiger partial charge is 0.138 e. The van der Waals surface area contributed by atoms with Crippen LogP contribution in [0.5, 0.6) is 5.75 Å². The van der Waals surface area contributed by atoms with E-state index in [1.807, 2.05) is 12.1 Å². The highest BCUT2D eigenvalue weighted by molar-refractivity contribution is 5.31. The van der Waals surface area contributed by atoms with Crippen LogP contribution in [0.25, 0.3) is 0 Å². The summed E-state index contributed by atoms with van der Waals surface area (Å²) in [6, 6.07) is 3.90. The van der Waals surface area contributed by atoms with Crippen molar-refractivity contribution in [3.63, 3.8) is 0 Å². The molecule has 0 aromatic carbocycles. The Hall–Kier alpha value is -1.53. The average molecular weight is 315 g/mol. The lowest BCUT2D eigenvalue weighted by molar-refractivity contribution is -0.0850. The molecule has 3 nitrogen and oxygen atoms in total. The maximum atomic E-state index is 5.90. The minimum absolute atomic E-state index is 0.258. The van der Waals surface area contributed by atoms with Crippen LogP contribution >= 0.6 is 0 Å². The van der Waals surface area contributed by atoms with Crippen molar-refractivity contribution in [2.75, 3.05) is 0 Å². The van der Waals surface area contributed by atoms with E-state index in [0.29, 0.717) is 12.2 Å². The fourth-order valence-corrected chi connectivity index (χ4v) is 2.58. The fourth-order valence-electron chi connectivity index (χ4n) is 2.58. The predicted molar refractivity (Wildman–Crippen MR) is 93.5 cm³/mol. The van der Waals surface area contributed by atoms with Crippen LogP contribution in [0.3, 0.4) is 0 Å². The molecule has 1 aromatic rings. The lowest BCUT2D eigenvalue weighted by Crippen LogP contribution is -2.40. The molecule has 126 valence electrons. The third-order valence-electron chi connectivity index (χ3n) is 3.85. The summed E-state index contributed by atoms with van der Waals surface area (Å²) in [4.78, 5) is 4.36. The van der Waals surface area contributed by atoms with Crippen molar-refractivity contribution in [1.82, 2.24) is 4.98 Å². The molecule has 3 heteroatoms. The molecule has 2 rings (SSSR count). The Morgan fingerprint density at radius 2 is 1.96 bits per heavy atom. The summed E-state index contributed by atoms with van der Waals surface area (Å²) in [5, 5.41) is 0. The van der Waals surface area contributed by atoms with Gasteiger partial charge in [-0.1, -0.05) is 26.2 Å². The molecule has 1 aromatic heterocycles. The quantitative estimate of drug-likeness (QED) is 0.544. The van der Waals surface area contributed by atoms with Gasteiger partial charge in [-0.05, 0) is 44.2 Å². The van der Waals surface area contributed by atoms with E-state index in [9.17, 15) is 0 Å². The molecule has 0 radical (unpaired) electrons. The van der Waals surface area contributed by atoms with E-state index in [0.717, 1.165) is 43.0 Å². The van der Waals surface area contributed by atoms with Crippen molar-refractivity contribution < 1.29 is 9.47 Å². The second-order valence-electron chi connectivity index (χ2n) is 6.99. The van der Waals surface area contributed by atoms with Crippen molar-refractivity contribution in [1.29, 1.82) is 0 Å². The Kier molecular flexibility index (Phi) is 6.92. The summed E-state index contributed by atoms with van der Waals surface area (Å²) in [5.74, 6) is 7.89. The van der Waals surface area contributed by atoms with Gasteiger partial charge in [0, 0.05) is 19.3 Å². The molecule has 1 heterocycles. The molecule has 0 saturated heterocycles. The van der Waals surface area contributed by atoms with Gasteiger partial charge in [-0.3, -0.25) is 0 Å². The molecule has 0 unspecified atom stereocenters. The summed E-state index contributed by atoms with van der Waals surface area (Å²) in [7, 11) is 0. The third-order valence-corrected chi connectivity index (χ3v) is 3.85. The van der Waals surface area contributed by atoms with E-state index in [4.69, 9.17) is 9.47 Å². The van der Waals surface area contributed by atoms with Gasteiger partial charge in [-0.15, -0.1) is 0 Å². The third kappa shape index (κ3) is 6.62. The van der Waals surface area contributed by atoms with Crippen LogP contribution in [-0.2, 0) is 4.74 Å². The summed E-state index contributed by atoms with van der Waals surface area (Å²) >= 11 is 0. The predicted octanol–water partition coefficient (Wildman–Crippen LogP) is 4.59. The van der Waals surface area contributed by atoms with Crippen LogP contribution in [0.2, 0.25) is 0 Å². The SMILES string of the molecule is CC(C)CCCC#Cc1ccc(OC2CC(OC(C)C)C2)cn1. The maximum Gasteiger partial charge on any atom is 0.138 e. The molecule has 23 heavy (non-hydrogen) atoms. The summed E-state index contributed by atoms with van der Waals surface area (Å²) < 4.78 is 11.6. The number of hydrogen-bond acceptors (Lipinski definition) is 3. The zero-order valence-electron chi connectivity index (χ0n) is 14.8. The van der Waals surface area contributed by atoms with Crippen molar-refractivity contribution in [3.8, 4) is 17.6 Å². The van der Waals surface area contributed by atoms with Crippen LogP contribution < -0.4 is 4.74 Å². The minimum Gasteiger partial charge on any atom is -0.489 e. The van der Waals surface area contributed by atoms with Crippen molar-refractivity contribution in [2.45, 2.75) is 78.1 Å². The first-order valence-electron chi connectivity index (χ1n) is 8.80. The molecule has 0 amide bonds. The molecular weight excluding hydrogens is 286 g/mol. The van der Waals surface area contributed by atoms with Gasteiger partial charge >= 0.3 is 0 Å². The molecule has 0 bridgehead atoms. The molecule has 0 aliphatic heterocycles. The summed E-state index contributed by atoms with van der Waals surface area (Å²) in [6.45, 7) is 8.63. The first kappa shape index (κ1) is 17.8. The van der Waals surface area contributed by atoms with Crippen LogP contribution in [0, 0.1) is 17.8 Å². The van der Waals surface area contributed by atoms with E-state index >= 15 is 0 Å². The second-order valence-corrected chi connectivity index (χ2v) is 6.99. The van der Waals surface area contributed by atoms with Crippen LogP contribution in [-0.4, -0.2) is 23.3 Å². The zero-order chi connectivity index (χ0) is 16.7. The van der Waals surface area contributed by atoms with Gasteiger partial charge in [0.1, 0.15) is 17.5 Å². The lowest BCUT2D eigenvalue weighted by atomic mass is 9.92. The van der Waals surface area contributed by atoms with E-state index in [2.05, 4.69) is 44.5 Å². The summed E-state index contributed by atoms with van der Waals surface area (Å²) in [6.07, 6.45) is 7.95. The molecule has 1 aliphatic rings. The molecule has 0 spiro atoms. The van der Waals surface area contributed by atoms with Crippen LogP contribution in [0.4, 0.5) is 0 Å². The topological polar surface area (TPSA) is 31.4 Å². The largest absolute Gasteiger partial charge is 0.489 e. The first-order valence-corrected chi connectivity index (χ1v) is 8.80. The number of unbranched alkanes of at least 4 members (excludes halogenated alkanes) is 1. The average Bonchev–Trinajstić information content (AvgIpc) is 2.45. The Morgan fingerprint density at radius 1 is 1.17 bits per heavy atom. The highest BCUT2D eigenvalue weighted by Gasteiger charge is 2.32. The normalized spacial score (nSPS) is 20.1. The Labute approximate surface area is 140 Å². The summed E-state index contributed by atoms with van der Waals surface area (Å²) in [5.41, 5.74) is 0.816. The number of rotatable bonds is 7. The van der Waals surface area contributed by atoms with Crippen molar-refractivity contribution >= 4 is 0 Å². The zero-order valence-corrected chi connectivity index (χ0v) is 14.8. The monoisotopic (exact) mass is 315 g/mol. The second kappa shape index (κ2) is 8.93. The molecular formula is C20H29NO2. The van der Waals surface area contributed by atoms with E-state index < -0.39 is 0 Å². The number of nitrogens with zero attached hydrogens (tertiary/aromatic N) is 1. The molecule has 1 saturated carbocycles. The van der Waals surface area contributed by atoms with E-state index in [-0.39, 0.29) is 6.10 Å². The van der Waals surface area contributed by atoms with Crippen molar-refractivity contribution in [3.05, 3.63) is 24.0 Å². The first-order chi connectivity index (χ1) is 11.0. The maximum absolute atomic E-state index is 5.90. The van der Waals surface area contributed by atoms with Gasteiger partial charge in [0.05, 0.1) is 18.4 Å². The highest BCUT2D eigenvalue weighted by atomic mass is 16.5. The van der Waals surface area contributed by atoms with Crippen LogP contribution in [0.1, 0.15) is 65.5 Å². The lowest BCUT2D eigenvalue weighted by Gasteiger charge is -2.36. The van der Waals surface area contributed by atoms with Gasteiger partial charge in [0.25, 0.3) is 0 Å². The van der Waals surface area contributed by atoms with Gasteiger partial charge in [-0.2, -0.15) is 0 Å². The van der Waals surface area contributed by atoms with Crippen molar-refractivity contribution in [2.24, 2.45) is 5.92 Å². The molecule has 1 fully saturated rings. The Morgan fingerprint density at radius 3 is 2.57 bits per heavy atom. The number of pyridine rings is 1. The van der Waals surface area contributed by atoms with Gasteiger partial charge in [-0.25, -0.2) is 4.98 Å². The molecule has 0 N–H and O–H groups in total. The standard InChI is InChI=1S/C20H29NO2/c1-15(2)8-6-5-7-9-17-10-11-18(14-21-17)23-20-12-19(13-20)22-16(3)4/h10-11,14-16,19-20H,5-6,8,12-13H2,1-4H3. The Bertz CT molecular complexity index is 519. The number of hydrogen-bond donors (Lipinski definition) is 0.